The van der Waals surface area contributed by atoms with Gasteiger partial charge in [0.25, 0.3) is 0 Å². The van der Waals surface area contributed by atoms with E-state index in [0.29, 0.717) is 12.3 Å². The lowest BCUT2D eigenvalue weighted by molar-refractivity contribution is 0.139. The van der Waals surface area contributed by atoms with Gasteiger partial charge in [0.15, 0.2) is 0 Å². The van der Waals surface area contributed by atoms with Crippen molar-refractivity contribution in [2.45, 2.75) is 37.6 Å². The minimum Gasteiger partial charge on any atom is -0.497 e. The summed E-state index contributed by atoms with van der Waals surface area (Å²) in [5.41, 5.74) is -0.341. The zero-order chi connectivity index (χ0) is 15.7. The number of piperidine rings is 1. The second-order valence-electron chi connectivity index (χ2n) is 5.92. The minimum absolute atomic E-state index is 0.196. The van der Waals surface area contributed by atoms with Crippen LogP contribution in [-0.4, -0.2) is 32.4 Å². The fourth-order valence-electron chi connectivity index (χ4n) is 2.73. The van der Waals surface area contributed by atoms with Gasteiger partial charge in [0, 0.05) is 6.54 Å². The molecule has 0 amide bonds. The maximum atomic E-state index is 12.8. The molecule has 0 spiro atoms. The molecule has 1 heterocycles. The number of nitriles is 1. The molecule has 0 bridgehead atoms. The number of methoxy groups -OCH3 is 1. The van der Waals surface area contributed by atoms with Gasteiger partial charge in [-0.2, -0.15) is 9.57 Å². The Morgan fingerprint density at radius 2 is 1.95 bits per heavy atom. The molecule has 2 rings (SSSR count). The second-order valence-corrected chi connectivity index (χ2v) is 7.81. The monoisotopic (exact) mass is 308 g/mol. The first-order valence-electron chi connectivity index (χ1n) is 6.88. The van der Waals surface area contributed by atoms with Gasteiger partial charge >= 0.3 is 0 Å². The van der Waals surface area contributed by atoms with Gasteiger partial charge in [-0.1, -0.05) is 13.8 Å². The first-order valence-corrected chi connectivity index (χ1v) is 8.32. The van der Waals surface area contributed by atoms with Crippen LogP contribution in [0.15, 0.2) is 29.2 Å². The van der Waals surface area contributed by atoms with Crippen LogP contribution in [-0.2, 0) is 10.0 Å². The molecular weight excluding hydrogens is 288 g/mol. The smallest absolute Gasteiger partial charge is 0.244 e. The molecule has 0 radical (unpaired) electrons. The Hall–Kier alpha value is -1.58. The van der Waals surface area contributed by atoms with Gasteiger partial charge in [0.05, 0.1) is 18.1 Å². The number of sulfonamides is 1. The van der Waals surface area contributed by atoms with E-state index >= 15 is 0 Å². The predicted molar refractivity (Wildman–Crippen MR) is 79.3 cm³/mol. The Morgan fingerprint density at radius 1 is 1.33 bits per heavy atom. The fourth-order valence-corrected chi connectivity index (χ4v) is 4.46. The third-order valence-electron chi connectivity index (χ3n) is 4.02. The molecule has 1 aliphatic rings. The minimum atomic E-state index is -3.66. The molecule has 0 aliphatic carbocycles. The van der Waals surface area contributed by atoms with Crippen molar-refractivity contribution < 1.29 is 13.2 Å². The van der Waals surface area contributed by atoms with E-state index in [4.69, 9.17) is 4.74 Å². The molecule has 0 N–H and O–H groups in total. The summed E-state index contributed by atoms with van der Waals surface area (Å²) in [4.78, 5) is 0.196. The van der Waals surface area contributed by atoms with E-state index in [1.165, 1.54) is 23.5 Å². The predicted octanol–water partition coefficient (Wildman–Crippen LogP) is 2.40. The molecule has 1 aromatic rings. The molecule has 114 valence electrons. The SMILES string of the molecule is COc1ccc(S(=O)(=O)N2CCCC(C)(C)C2C#N)cc1. The highest BCUT2D eigenvalue weighted by molar-refractivity contribution is 7.89. The zero-order valence-corrected chi connectivity index (χ0v) is 13.4. The van der Waals surface area contributed by atoms with Crippen molar-refractivity contribution in [1.82, 2.24) is 4.31 Å². The van der Waals surface area contributed by atoms with Crippen LogP contribution in [0.1, 0.15) is 26.7 Å². The van der Waals surface area contributed by atoms with Crippen LogP contribution in [0.4, 0.5) is 0 Å². The third-order valence-corrected chi connectivity index (χ3v) is 5.89. The summed E-state index contributed by atoms with van der Waals surface area (Å²) in [6, 6.07) is 7.79. The number of ether oxygens (including phenoxy) is 1. The van der Waals surface area contributed by atoms with Gasteiger partial charge in [-0.3, -0.25) is 0 Å². The normalized spacial score (nSPS) is 22.5. The van der Waals surface area contributed by atoms with Crippen molar-refractivity contribution in [3.8, 4) is 11.8 Å². The molecule has 1 unspecified atom stereocenters. The van der Waals surface area contributed by atoms with Crippen molar-refractivity contribution in [1.29, 1.82) is 5.26 Å². The Balaban J connectivity index is 2.40. The maximum Gasteiger partial charge on any atom is 0.244 e. The molecule has 1 saturated heterocycles. The Morgan fingerprint density at radius 3 is 2.48 bits per heavy atom. The molecule has 1 aromatic carbocycles. The topological polar surface area (TPSA) is 70.4 Å². The van der Waals surface area contributed by atoms with Gasteiger partial charge in [-0.25, -0.2) is 8.42 Å². The van der Waals surface area contributed by atoms with Crippen LogP contribution < -0.4 is 4.74 Å². The second kappa shape index (κ2) is 5.66. The highest BCUT2D eigenvalue weighted by Crippen LogP contribution is 2.37. The summed E-state index contributed by atoms with van der Waals surface area (Å²) in [5, 5.41) is 9.41. The van der Waals surface area contributed by atoms with Crippen molar-refractivity contribution >= 4 is 10.0 Å². The van der Waals surface area contributed by atoms with E-state index in [2.05, 4.69) is 6.07 Å². The standard InChI is InChI=1S/C15H20N2O3S/c1-15(2)9-4-10-17(14(15)11-16)21(18,19)13-7-5-12(20-3)6-8-13/h5-8,14H,4,9-10H2,1-3H3. The van der Waals surface area contributed by atoms with Crippen molar-refractivity contribution in [2.75, 3.05) is 13.7 Å². The third kappa shape index (κ3) is 2.89. The summed E-state index contributed by atoms with van der Waals surface area (Å²) in [7, 11) is -2.13. The molecule has 1 atom stereocenters. The molecule has 1 fully saturated rings. The van der Waals surface area contributed by atoms with Crippen LogP contribution in [0.25, 0.3) is 0 Å². The highest BCUT2D eigenvalue weighted by Gasteiger charge is 2.43. The van der Waals surface area contributed by atoms with E-state index < -0.39 is 16.1 Å². The average Bonchev–Trinajstić information content (AvgIpc) is 2.46. The van der Waals surface area contributed by atoms with Crippen molar-refractivity contribution in [3.05, 3.63) is 24.3 Å². The molecule has 6 heteroatoms. The van der Waals surface area contributed by atoms with Crippen LogP contribution in [0.3, 0.4) is 0 Å². The molecule has 5 nitrogen and oxygen atoms in total. The number of rotatable bonds is 3. The van der Waals surface area contributed by atoms with Crippen LogP contribution >= 0.6 is 0 Å². The van der Waals surface area contributed by atoms with Gasteiger partial charge < -0.3 is 4.74 Å². The average molecular weight is 308 g/mol. The number of nitrogens with zero attached hydrogens (tertiary/aromatic N) is 2. The molecule has 0 aromatic heterocycles. The molecule has 21 heavy (non-hydrogen) atoms. The van der Waals surface area contributed by atoms with E-state index in [1.54, 1.807) is 12.1 Å². The highest BCUT2D eigenvalue weighted by atomic mass is 32.2. The number of hydrogen-bond donors (Lipinski definition) is 0. The van der Waals surface area contributed by atoms with Gasteiger partial charge in [-0.15, -0.1) is 0 Å². The first-order chi connectivity index (χ1) is 9.82. The van der Waals surface area contributed by atoms with Crippen LogP contribution in [0.5, 0.6) is 5.75 Å². The zero-order valence-electron chi connectivity index (χ0n) is 12.5. The van der Waals surface area contributed by atoms with Crippen LogP contribution in [0, 0.1) is 16.7 Å². The van der Waals surface area contributed by atoms with E-state index in [-0.39, 0.29) is 10.3 Å². The molecule has 1 aliphatic heterocycles. The summed E-state index contributed by atoms with van der Waals surface area (Å²) in [6.07, 6.45) is 1.61. The van der Waals surface area contributed by atoms with E-state index in [0.717, 1.165) is 12.8 Å². The van der Waals surface area contributed by atoms with Gasteiger partial charge in [0.1, 0.15) is 11.8 Å². The van der Waals surface area contributed by atoms with Gasteiger partial charge in [0.2, 0.25) is 10.0 Å². The van der Waals surface area contributed by atoms with E-state index in [1.807, 2.05) is 13.8 Å². The van der Waals surface area contributed by atoms with Crippen molar-refractivity contribution in [3.63, 3.8) is 0 Å². The fraction of sp³-hybridized carbons (Fsp3) is 0.533. The summed E-state index contributed by atoms with van der Waals surface area (Å²) in [6.45, 7) is 4.27. The lowest BCUT2D eigenvalue weighted by Gasteiger charge is -2.41. The Bertz CT molecular complexity index is 644. The summed E-state index contributed by atoms with van der Waals surface area (Å²) < 4.78 is 31.9. The lowest BCUT2D eigenvalue weighted by Crippen LogP contribution is -2.51. The van der Waals surface area contributed by atoms with Crippen molar-refractivity contribution in [2.24, 2.45) is 5.41 Å². The van der Waals surface area contributed by atoms with Gasteiger partial charge in [-0.05, 0) is 42.5 Å². The number of benzene rings is 1. The Labute approximate surface area is 126 Å². The summed E-state index contributed by atoms with van der Waals surface area (Å²) >= 11 is 0. The lowest BCUT2D eigenvalue weighted by atomic mass is 9.78. The molecular formula is C15H20N2O3S. The summed E-state index contributed by atoms with van der Waals surface area (Å²) in [5.74, 6) is 0.602. The first kappa shape index (κ1) is 15.8. The quantitative estimate of drug-likeness (QED) is 0.859. The largest absolute Gasteiger partial charge is 0.497 e. The van der Waals surface area contributed by atoms with E-state index in [9.17, 15) is 13.7 Å². The molecule has 0 saturated carbocycles. The number of hydrogen-bond acceptors (Lipinski definition) is 4. The maximum absolute atomic E-state index is 12.8. The van der Waals surface area contributed by atoms with Crippen LogP contribution in [0.2, 0.25) is 0 Å². The Kier molecular flexibility index (Phi) is 4.26.